The summed E-state index contributed by atoms with van der Waals surface area (Å²) in [7, 11) is 0. The molecule has 0 aliphatic rings. The normalized spacial score (nSPS) is 19.1. The van der Waals surface area contributed by atoms with Crippen molar-refractivity contribution in [2.45, 2.75) is 92.1 Å². The Bertz CT molecular complexity index is 1010. The van der Waals surface area contributed by atoms with E-state index in [2.05, 4.69) is 0 Å². The molecular weight excluding hydrogens is 773 g/mol. The van der Waals surface area contributed by atoms with Crippen molar-refractivity contribution in [2.75, 3.05) is 0 Å². The van der Waals surface area contributed by atoms with Gasteiger partial charge in [0.15, 0.2) is 0 Å². The number of alkyl halides is 27. The molecule has 32 heteroatoms. The van der Waals surface area contributed by atoms with Crippen LogP contribution in [-0.2, 0) is 18.9 Å². The molecule has 4 atom stereocenters. The number of halogens is 27. The predicted octanol–water partition coefficient (Wildman–Crippen LogP) is 8.13. The van der Waals surface area contributed by atoms with Crippen LogP contribution in [0.5, 0.6) is 0 Å². The third-order valence-corrected chi connectivity index (χ3v) is 4.14. The molecule has 0 saturated heterocycles. The van der Waals surface area contributed by atoms with Crippen LogP contribution in [0.25, 0.3) is 0 Å². The Hall–Kier alpha value is -2.09. The molecule has 0 aliphatic heterocycles. The van der Waals surface area contributed by atoms with Gasteiger partial charge in [0.1, 0.15) is 6.42 Å². The molecular formula is C15H7F27O5. The lowest BCUT2D eigenvalue weighted by molar-refractivity contribution is -0.625. The van der Waals surface area contributed by atoms with Crippen LogP contribution in [0.4, 0.5) is 119 Å². The molecule has 0 amide bonds. The van der Waals surface area contributed by atoms with E-state index in [4.69, 9.17) is 0 Å². The van der Waals surface area contributed by atoms with Gasteiger partial charge >= 0.3 is 73.1 Å². The molecule has 4 unspecified atom stereocenters. The molecule has 0 saturated carbocycles. The van der Waals surface area contributed by atoms with Crippen LogP contribution in [0.1, 0.15) is 6.42 Å². The average Bonchev–Trinajstić information content (AvgIpc) is 2.73. The average molecular weight is 780 g/mol. The Morgan fingerprint density at radius 2 is 0.872 bits per heavy atom. The van der Waals surface area contributed by atoms with Crippen LogP contribution < -0.4 is 0 Å². The molecule has 0 rings (SSSR count). The van der Waals surface area contributed by atoms with Crippen molar-refractivity contribution < 1.29 is 143 Å². The molecule has 0 heterocycles. The number of hydrogen-bond donors (Lipinski definition) is 0. The highest BCUT2D eigenvalue weighted by molar-refractivity contribution is 4.95. The minimum Gasteiger partial charge on any atom is -0.412 e. The molecule has 0 spiro atoms. The van der Waals surface area contributed by atoms with E-state index in [-0.39, 0.29) is 5.48 Å². The van der Waals surface area contributed by atoms with Crippen LogP contribution >= 0.6 is 0 Å². The van der Waals surface area contributed by atoms with Crippen molar-refractivity contribution in [3.05, 3.63) is 0 Å². The van der Waals surface area contributed by atoms with Gasteiger partial charge in [-0.25, -0.2) is 17.6 Å². The van der Waals surface area contributed by atoms with Crippen molar-refractivity contribution in [1.82, 2.24) is 0 Å². The van der Waals surface area contributed by atoms with Crippen molar-refractivity contribution in [3.63, 3.8) is 0 Å². The second-order valence-corrected chi connectivity index (χ2v) is 7.85. The van der Waals surface area contributed by atoms with E-state index < -0.39 is 92.1 Å². The fraction of sp³-hybridized carbons (Fsp3) is 1.00. The molecule has 0 aromatic heterocycles. The highest BCUT2D eigenvalue weighted by atomic mass is 19.4. The lowest BCUT2D eigenvalue weighted by Gasteiger charge is -2.46. The standard InChI is InChI=1S/C15H5F27O4.H2O/c16-2(8(27,28)29)9(30,43-4(19)7(25,26)3(17)18)45-15(11(33,34)13(38,39)40,44-6(23,24)1-5(20,21)22)46-14(41,42)10(31,32)12(35,36)37;/h2-4H,1H2;1H2. The highest BCUT2D eigenvalue weighted by Gasteiger charge is 2.85. The maximum atomic E-state index is 14.8. The van der Waals surface area contributed by atoms with Crippen LogP contribution in [0, 0.1) is 0 Å². The lowest BCUT2D eigenvalue weighted by Crippen LogP contribution is -2.71. The summed E-state index contributed by atoms with van der Waals surface area (Å²) in [5.41, 5.74) is 0. The zero-order valence-electron chi connectivity index (χ0n) is 20.3. The van der Waals surface area contributed by atoms with E-state index in [0.717, 1.165) is 0 Å². The van der Waals surface area contributed by atoms with Gasteiger partial charge in [0, 0.05) is 0 Å². The molecule has 0 fully saturated rings. The SMILES string of the molecule is FC(C(F)(F)F)C(F)(OC(F)C(F)(F)C(F)F)OC(OC(F)(F)CC(F)(F)F)(OC(F)(F)C(F)(F)C(F)(F)F)C(F)(F)C(F)(F)F.O. The van der Waals surface area contributed by atoms with Crippen molar-refractivity contribution in [1.29, 1.82) is 0 Å². The molecule has 0 bridgehead atoms. The Balaban J connectivity index is 0. The highest BCUT2D eigenvalue weighted by Crippen LogP contribution is 2.58. The maximum absolute atomic E-state index is 14.8. The topological polar surface area (TPSA) is 68.4 Å². The summed E-state index contributed by atoms with van der Waals surface area (Å²) in [5, 5.41) is 0. The van der Waals surface area contributed by atoms with Gasteiger partial charge in [-0.05, 0) is 0 Å². The summed E-state index contributed by atoms with van der Waals surface area (Å²) in [6.45, 7) is 0. The van der Waals surface area contributed by atoms with Crippen molar-refractivity contribution in [3.8, 4) is 0 Å². The quantitative estimate of drug-likeness (QED) is 0.132. The smallest absolute Gasteiger partial charge is 0.412 e. The van der Waals surface area contributed by atoms with Gasteiger partial charge in [-0.2, -0.15) is 101 Å². The zero-order chi connectivity index (χ0) is 37.8. The zero-order valence-corrected chi connectivity index (χ0v) is 20.3. The van der Waals surface area contributed by atoms with Crippen molar-refractivity contribution >= 4 is 0 Å². The maximum Gasteiger partial charge on any atom is 0.462 e. The predicted molar refractivity (Wildman–Crippen MR) is 83.9 cm³/mol. The second-order valence-electron chi connectivity index (χ2n) is 7.85. The third kappa shape index (κ3) is 10.2. The first-order chi connectivity index (χ1) is 19.6. The summed E-state index contributed by atoms with van der Waals surface area (Å²) >= 11 is 0. The Morgan fingerprint density at radius 1 is 0.489 bits per heavy atom. The monoisotopic (exact) mass is 780 g/mol. The van der Waals surface area contributed by atoms with Crippen LogP contribution in [0.3, 0.4) is 0 Å². The molecule has 0 aromatic carbocycles. The first-order valence-corrected chi connectivity index (χ1v) is 9.75. The second kappa shape index (κ2) is 13.3. The summed E-state index contributed by atoms with van der Waals surface area (Å²) in [6, 6.07) is -8.00. The summed E-state index contributed by atoms with van der Waals surface area (Å²) in [5.74, 6) is -33.0. The van der Waals surface area contributed by atoms with Gasteiger partial charge in [0.25, 0.3) is 12.5 Å². The van der Waals surface area contributed by atoms with Gasteiger partial charge in [0.05, 0.1) is 0 Å². The minimum atomic E-state index is -8.90. The first-order valence-electron chi connectivity index (χ1n) is 9.75. The molecule has 286 valence electrons. The fourth-order valence-corrected chi connectivity index (χ4v) is 2.13. The van der Waals surface area contributed by atoms with Gasteiger partial charge in [0.2, 0.25) is 0 Å². The number of ether oxygens (including phenoxy) is 4. The van der Waals surface area contributed by atoms with Gasteiger partial charge in [-0.3, -0.25) is 18.9 Å². The summed E-state index contributed by atoms with van der Waals surface area (Å²) < 4.78 is 361. The molecule has 47 heavy (non-hydrogen) atoms. The van der Waals surface area contributed by atoms with Gasteiger partial charge < -0.3 is 5.48 Å². The van der Waals surface area contributed by atoms with Crippen LogP contribution in [0.15, 0.2) is 0 Å². The Morgan fingerprint density at radius 3 is 1.17 bits per heavy atom. The van der Waals surface area contributed by atoms with E-state index in [1.807, 2.05) is 4.74 Å². The van der Waals surface area contributed by atoms with Crippen molar-refractivity contribution in [2.24, 2.45) is 0 Å². The van der Waals surface area contributed by atoms with E-state index in [1.165, 1.54) is 4.74 Å². The van der Waals surface area contributed by atoms with E-state index in [0.29, 0.717) is 0 Å². The molecule has 2 N–H and O–H groups in total. The van der Waals surface area contributed by atoms with E-state index in [9.17, 15) is 119 Å². The number of rotatable bonds is 14. The van der Waals surface area contributed by atoms with E-state index in [1.54, 1.807) is 9.47 Å². The first kappa shape index (κ1) is 47.0. The third-order valence-electron chi connectivity index (χ3n) is 4.14. The molecule has 0 aromatic rings. The number of hydrogen-bond acceptors (Lipinski definition) is 4. The van der Waals surface area contributed by atoms with Crippen LogP contribution in [0.2, 0.25) is 0 Å². The molecule has 5 nitrogen and oxygen atoms in total. The Kier molecular flexibility index (Phi) is 13.3. The Labute approximate surface area is 236 Å². The largest absolute Gasteiger partial charge is 0.462 e. The van der Waals surface area contributed by atoms with Gasteiger partial charge in [-0.1, -0.05) is 0 Å². The molecule has 0 radical (unpaired) electrons. The van der Waals surface area contributed by atoms with Crippen LogP contribution in [-0.4, -0.2) is 91.1 Å². The fourth-order valence-electron chi connectivity index (χ4n) is 2.13. The van der Waals surface area contributed by atoms with Gasteiger partial charge in [-0.15, -0.1) is 0 Å². The minimum absolute atomic E-state index is 0. The summed E-state index contributed by atoms with van der Waals surface area (Å²) in [6.07, 6.45) is -70.7. The lowest BCUT2D eigenvalue weighted by atomic mass is 10.2. The summed E-state index contributed by atoms with van der Waals surface area (Å²) in [4.78, 5) is 0. The van der Waals surface area contributed by atoms with E-state index >= 15 is 0 Å². The molecule has 0 aliphatic carbocycles.